The first kappa shape index (κ1) is 14.6. The first-order valence-electron chi connectivity index (χ1n) is 4.46. The highest BCUT2D eigenvalue weighted by atomic mass is 79.9. The van der Waals surface area contributed by atoms with Crippen LogP contribution in [0.1, 0.15) is 24.4 Å². The molecule has 1 rings (SSSR count). The summed E-state index contributed by atoms with van der Waals surface area (Å²) in [5.41, 5.74) is 6.70. The van der Waals surface area contributed by atoms with Crippen molar-refractivity contribution in [1.29, 1.82) is 0 Å². The zero-order chi connectivity index (χ0) is 10.6. The number of allylic oxidation sites excluding steroid dienone is 1. The van der Waals surface area contributed by atoms with Crippen LogP contribution in [0.25, 0.3) is 0 Å². The van der Waals surface area contributed by atoms with Crippen LogP contribution in [0, 0.1) is 5.82 Å². The minimum absolute atomic E-state index is 0. The van der Waals surface area contributed by atoms with Gasteiger partial charge in [0.05, 0.1) is 0 Å². The van der Waals surface area contributed by atoms with Gasteiger partial charge in [0.25, 0.3) is 0 Å². The Kier molecular flexibility index (Phi) is 6.81. The third kappa shape index (κ3) is 4.78. The molecule has 84 valence electrons. The quantitative estimate of drug-likeness (QED) is 0.835. The Hall–Kier alpha value is -0.380. The molecule has 1 nitrogen and oxygen atoms in total. The molecule has 2 N–H and O–H groups in total. The van der Waals surface area contributed by atoms with E-state index >= 15 is 0 Å². The van der Waals surface area contributed by atoms with Gasteiger partial charge in [-0.15, -0.1) is 19.0 Å². The van der Waals surface area contributed by atoms with Gasteiger partial charge < -0.3 is 5.73 Å². The number of rotatable bonds is 4. The van der Waals surface area contributed by atoms with Crippen LogP contribution < -0.4 is 5.73 Å². The fraction of sp³-hybridized carbons (Fsp3) is 0.273. The van der Waals surface area contributed by atoms with E-state index in [4.69, 9.17) is 5.73 Å². The van der Waals surface area contributed by atoms with Crippen molar-refractivity contribution in [2.24, 2.45) is 5.73 Å². The Labute approximate surface area is 104 Å². The molecule has 0 spiro atoms. The first-order valence-corrected chi connectivity index (χ1v) is 5.25. The normalized spacial score (nSPS) is 11.7. The Morgan fingerprint density at radius 2 is 2.13 bits per heavy atom. The van der Waals surface area contributed by atoms with Gasteiger partial charge in [0, 0.05) is 10.5 Å². The molecule has 0 aliphatic carbocycles. The number of nitrogens with two attached hydrogens (primary N) is 1. The molecule has 1 atom stereocenters. The van der Waals surface area contributed by atoms with Gasteiger partial charge in [-0.2, -0.15) is 0 Å². The molecule has 0 radical (unpaired) electrons. The van der Waals surface area contributed by atoms with E-state index in [1.807, 2.05) is 12.1 Å². The molecule has 0 aliphatic heterocycles. The third-order valence-corrected chi connectivity index (χ3v) is 2.45. The van der Waals surface area contributed by atoms with Crippen molar-refractivity contribution in [2.45, 2.75) is 18.9 Å². The summed E-state index contributed by atoms with van der Waals surface area (Å²) in [5, 5.41) is 0. The third-order valence-electron chi connectivity index (χ3n) is 1.99. The van der Waals surface area contributed by atoms with Gasteiger partial charge >= 0.3 is 0 Å². The SMILES string of the molecule is C=CCC[C@H](N)c1cc(F)cc(Br)c1.Cl. The molecule has 0 bridgehead atoms. The Morgan fingerprint density at radius 3 is 2.67 bits per heavy atom. The maximum atomic E-state index is 13.0. The summed E-state index contributed by atoms with van der Waals surface area (Å²) in [4.78, 5) is 0. The van der Waals surface area contributed by atoms with Crippen LogP contribution in [-0.4, -0.2) is 0 Å². The van der Waals surface area contributed by atoms with E-state index in [1.165, 1.54) is 12.1 Å². The van der Waals surface area contributed by atoms with Crippen molar-refractivity contribution in [3.8, 4) is 0 Å². The minimum Gasteiger partial charge on any atom is -0.324 e. The van der Waals surface area contributed by atoms with Gasteiger partial charge in [-0.3, -0.25) is 0 Å². The van der Waals surface area contributed by atoms with Crippen LogP contribution in [0.3, 0.4) is 0 Å². The monoisotopic (exact) mass is 293 g/mol. The number of halogens is 3. The van der Waals surface area contributed by atoms with E-state index < -0.39 is 0 Å². The molecule has 1 aromatic carbocycles. The van der Waals surface area contributed by atoms with Crippen molar-refractivity contribution >= 4 is 28.3 Å². The molecule has 4 heteroatoms. The molecule has 0 amide bonds. The number of hydrogen-bond donors (Lipinski definition) is 1. The molecule has 0 heterocycles. The van der Waals surface area contributed by atoms with Crippen LogP contribution in [0.4, 0.5) is 4.39 Å². The largest absolute Gasteiger partial charge is 0.324 e. The van der Waals surface area contributed by atoms with Crippen molar-refractivity contribution < 1.29 is 4.39 Å². The standard InChI is InChI=1S/C11H13BrFN.ClH/c1-2-3-4-11(14)8-5-9(12)7-10(13)6-8;/h2,5-7,11H,1,3-4,14H2;1H/t11-;/m0./s1. The van der Waals surface area contributed by atoms with Crippen LogP contribution in [0.2, 0.25) is 0 Å². The maximum absolute atomic E-state index is 13.0. The van der Waals surface area contributed by atoms with Crippen LogP contribution in [0.15, 0.2) is 35.3 Å². The summed E-state index contributed by atoms with van der Waals surface area (Å²) in [6.45, 7) is 3.62. The van der Waals surface area contributed by atoms with E-state index in [0.29, 0.717) is 0 Å². The lowest BCUT2D eigenvalue weighted by Crippen LogP contribution is -2.10. The second-order valence-electron chi connectivity index (χ2n) is 3.18. The lowest BCUT2D eigenvalue weighted by Gasteiger charge is -2.11. The molecule has 1 aromatic rings. The highest BCUT2D eigenvalue weighted by Gasteiger charge is 2.07. The second-order valence-corrected chi connectivity index (χ2v) is 4.09. The van der Waals surface area contributed by atoms with Crippen molar-refractivity contribution in [2.75, 3.05) is 0 Å². The molecule has 0 saturated carbocycles. The van der Waals surface area contributed by atoms with Gasteiger partial charge in [-0.1, -0.05) is 22.0 Å². The van der Waals surface area contributed by atoms with E-state index in [2.05, 4.69) is 22.5 Å². The molecular weight excluding hydrogens is 280 g/mol. The van der Waals surface area contributed by atoms with E-state index in [0.717, 1.165) is 22.9 Å². The van der Waals surface area contributed by atoms with Crippen molar-refractivity contribution in [3.05, 3.63) is 46.7 Å². The molecule has 15 heavy (non-hydrogen) atoms. The lowest BCUT2D eigenvalue weighted by atomic mass is 10.0. The smallest absolute Gasteiger partial charge is 0.124 e. The predicted molar refractivity (Wildman–Crippen MR) is 67.7 cm³/mol. The van der Waals surface area contributed by atoms with E-state index in [9.17, 15) is 4.39 Å². The highest BCUT2D eigenvalue weighted by Crippen LogP contribution is 2.21. The lowest BCUT2D eigenvalue weighted by molar-refractivity contribution is 0.610. The maximum Gasteiger partial charge on any atom is 0.124 e. The average molecular weight is 295 g/mol. The second kappa shape index (κ2) is 6.99. The Balaban J connectivity index is 0.00000196. The molecule has 0 aromatic heterocycles. The van der Waals surface area contributed by atoms with Gasteiger partial charge in [-0.05, 0) is 36.6 Å². The highest BCUT2D eigenvalue weighted by molar-refractivity contribution is 9.10. The summed E-state index contributed by atoms with van der Waals surface area (Å²) in [7, 11) is 0. The molecule has 0 unspecified atom stereocenters. The summed E-state index contributed by atoms with van der Waals surface area (Å²) >= 11 is 3.23. The zero-order valence-corrected chi connectivity index (χ0v) is 10.7. The Bertz CT molecular complexity index is 310. The molecule has 0 saturated heterocycles. The first-order chi connectivity index (χ1) is 6.63. The Morgan fingerprint density at radius 1 is 1.47 bits per heavy atom. The fourth-order valence-corrected chi connectivity index (χ4v) is 1.74. The zero-order valence-electron chi connectivity index (χ0n) is 8.25. The van der Waals surface area contributed by atoms with E-state index in [-0.39, 0.29) is 24.3 Å². The molecule has 0 aliphatic rings. The summed E-state index contributed by atoms with van der Waals surface area (Å²) < 4.78 is 13.7. The topological polar surface area (TPSA) is 26.0 Å². The number of hydrogen-bond acceptors (Lipinski definition) is 1. The van der Waals surface area contributed by atoms with Crippen molar-refractivity contribution in [3.63, 3.8) is 0 Å². The van der Waals surface area contributed by atoms with Crippen molar-refractivity contribution in [1.82, 2.24) is 0 Å². The van der Waals surface area contributed by atoms with Gasteiger partial charge in [0.2, 0.25) is 0 Å². The number of benzene rings is 1. The van der Waals surface area contributed by atoms with Crippen LogP contribution in [-0.2, 0) is 0 Å². The van der Waals surface area contributed by atoms with Crippen LogP contribution in [0.5, 0.6) is 0 Å². The predicted octanol–water partition coefficient (Wildman–Crippen LogP) is 3.98. The average Bonchev–Trinajstić information content (AvgIpc) is 2.12. The van der Waals surface area contributed by atoms with E-state index in [1.54, 1.807) is 0 Å². The summed E-state index contributed by atoms with van der Waals surface area (Å²) in [6, 6.07) is 4.61. The molecule has 0 fully saturated rings. The van der Waals surface area contributed by atoms with Gasteiger partial charge in [0.15, 0.2) is 0 Å². The summed E-state index contributed by atoms with van der Waals surface area (Å²) in [5.74, 6) is -0.261. The molecular formula is C11H14BrClFN. The minimum atomic E-state index is -0.261. The fourth-order valence-electron chi connectivity index (χ4n) is 1.25. The van der Waals surface area contributed by atoms with Gasteiger partial charge in [-0.25, -0.2) is 4.39 Å². The van der Waals surface area contributed by atoms with Gasteiger partial charge in [0.1, 0.15) is 5.82 Å². The van der Waals surface area contributed by atoms with Crippen LogP contribution >= 0.6 is 28.3 Å². The summed E-state index contributed by atoms with van der Waals surface area (Å²) in [6.07, 6.45) is 3.45.